The predicted molar refractivity (Wildman–Crippen MR) is 136 cm³/mol. The summed E-state index contributed by atoms with van der Waals surface area (Å²) in [6, 6.07) is 3.54. The Morgan fingerprint density at radius 1 is 1.25 bits per heavy atom. The molecular weight excluding hydrogens is 558 g/mol. The summed E-state index contributed by atoms with van der Waals surface area (Å²) in [6.07, 6.45) is -2.27. The average molecular weight is 586 g/mol. The number of anilines is 1. The van der Waals surface area contributed by atoms with Crippen molar-refractivity contribution in [1.82, 2.24) is 30.0 Å². The first-order chi connectivity index (χ1) is 18.8. The SMILES string of the molecule is COC(=O)N[C@@H](C)CNc1nccc(-c2[nH]c(C3CC3)nc2-c2cc(C)cc(S(=O)(=O)NCC(F)(F)F)c2F)n1. The van der Waals surface area contributed by atoms with E-state index in [2.05, 4.69) is 35.3 Å². The number of hydrogen-bond acceptors (Lipinski definition) is 8. The number of nitrogens with one attached hydrogen (secondary N) is 4. The number of alkyl halides is 3. The highest BCUT2D eigenvalue weighted by atomic mass is 32.2. The van der Waals surface area contributed by atoms with Crippen LogP contribution in [0.25, 0.3) is 22.6 Å². The number of rotatable bonds is 10. The van der Waals surface area contributed by atoms with E-state index < -0.39 is 39.6 Å². The van der Waals surface area contributed by atoms with Gasteiger partial charge in [-0.15, -0.1) is 0 Å². The van der Waals surface area contributed by atoms with Crippen LogP contribution < -0.4 is 15.4 Å². The van der Waals surface area contributed by atoms with Gasteiger partial charge in [0.2, 0.25) is 16.0 Å². The molecule has 0 saturated heterocycles. The second-order valence-electron chi connectivity index (χ2n) is 9.37. The minimum atomic E-state index is -4.84. The smallest absolute Gasteiger partial charge is 0.407 e. The minimum absolute atomic E-state index is 0.0562. The summed E-state index contributed by atoms with van der Waals surface area (Å²) in [7, 11) is -3.60. The number of carbonyl (C=O) groups excluding carboxylic acids is 1. The molecule has 1 aliphatic carbocycles. The first-order valence-electron chi connectivity index (χ1n) is 12.2. The third-order valence-electron chi connectivity index (χ3n) is 5.90. The van der Waals surface area contributed by atoms with Crippen LogP contribution in [0.15, 0.2) is 29.3 Å². The van der Waals surface area contributed by atoms with Gasteiger partial charge in [-0.2, -0.15) is 13.2 Å². The Bertz CT molecular complexity index is 1510. The Balaban J connectivity index is 1.71. The zero-order valence-corrected chi connectivity index (χ0v) is 22.5. The van der Waals surface area contributed by atoms with Crippen molar-refractivity contribution in [3.05, 3.63) is 41.6 Å². The molecule has 1 saturated carbocycles. The number of hydrogen-bond donors (Lipinski definition) is 4. The summed E-state index contributed by atoms with van der Waals surface area (Å²) >= 11 is 0. The molecule has 11 nitrogen and oxygen atoms in total. The number of aromatic nitrogens is 4. The third-order valence-corrected chi connectivity index (χ3v) is 7.31. The number of sulfonamides is 1. The zero-order chi connectivity index (χ0) is 29.2. The van der Waals surface area contributed by atoms with Gasteiger partial charge in [0.1, 0.15) is 23.0 Å². The summed E-state index contributed by atoms with van der Waals surface area (Å²) < 4.78 is 85.0. The molecule has 216 valence electrons. The van der Waals surface area contributed by atoms with Gasteiger partial charge in [0, 0.05) is 30.3 Å². The van der Waals surface area contributed by atoms with Crippen molar-refractivity contribution in [2.45, 2.75) is 49.7 Å². The third kappa shape index (κ3) is 7.04. The molecule has 4 N–H and O–H groups in total. The summed E-state index contributed by atoms with van der Waals surface area (Å²) in [5, 5.41) is 5.57. The molecule has 0 aliphatic heterocycles. The normalized spacial score (nSPS) is 14.6. The second kappa shape index (κ2) is 11.4. The van der Waals surface area contributed by atoms with Crippen LogP contribution >= 0.6 is 0 Å². The lowest BCUT2D eigenvalue weighted by Gasteiger charge is -2.14. The minimum Gasteiger partial charge on any atom is -0.453 e. The first kappa shape index (κ1) is 29.2. The summed E-state index contributed by atoms with van der Waals surface area (Å²) in [5.41, 5.74) is 0.725. The quantitative estimate of drug-likeness (QED) is 0.262. The standard InChI is InChI=1S/C24H27F4N7O4S/c1-12-8-15(18(25)17(9-12)40(37,38)31-11-24(26,27)28)19-20(35-21(34-19)14-4-5-14)16-6-7-29-22(33-16)30-10-13(2)32-23(36)39-3/h6-9,13-14,31H,4-5,10-11H2,1-3H3,(H,32,36)(H,34,35)(H,29,30,33)/t13-/m0/s1. The number of carbonyl (C=O) groups is 1. The fraction of sp³-hybridized carbons (Fsp3) is 0.417. The molecule has 2 aromatic heterocycles. The fourth-order valence-electron chi connectivity index (χ4n) is 3.82. The molecule has 0 spiro atoms. The fourth-order valence-corrected chi connectivity index (χ4v) is 5.01. The molecule has 1 aliphatic rings. The highest BCUT2D eigenvalue weighted by Crippen LogP contribution is 2.42. The molecule has 3 aromatic rings. The summed E-state index contributed by atoms with van der Waals surface area (Å²) in [5.74, 6) is -0.407. The van der Waals surface area contributed by atoms with Crippen LogP contribution in [0.4, 0.5) is 28.3 Å². The Kier molecular flexibility index (Phi) is 8.30. The van der Waals surface area contributed by atoms with Gasteiger partial charge in [0.05, 0.1) is 18.5 Å². The lowest BCUT2D eigenvalue weighted by Crippen LogP contribution is -2.37. The Morgan fingerprint density at radius 3 is 2.62 bits per heavy atom. The van der Waals surface area contributed by atoms with Gasteiger partial charge in [-0.3, -0.25) is 0 Å². The first-order valence-corrected chi connectivity index (χ1v) is 13.6. The van der Waals surface area contributed by atoms with Crippen molar-refractivity contribution < 1.29 is 35.5 Å². The van der Waals surface area contributed by atoms with Gasteiger partial charge in [0.15, 0.2) is 5.82 Å². The van der Waals surface area contributed by atoms with Crippen molar-refractivity contribution in [3.63, 3.8) is 0 Å². The number of H-pyrrole nitrogens is 1. The van der Waals surface area contributed by atoms with Crippen LogP contribution in [-0.4, -0.2) is 66.9 Å². The molecule has 1 aromatic carbocycles. The van der Waals surface area contributed by atoms with E-state index in [-0.39, 0.29) is 41.4 Å². The Hall–Kier alpha value is -3.79. The number of halogens is 4. The van der Waals surface area contributed by atoms with E-state index >= 15 is 4.39 Å². The van der Waals surface area contributed by atoms with Crippen molar-refractivity contribution in [1.29, 1.82) is 0 Å². The monoisotopic (exact) mass is 585 g/mol. The van der Waals surface area contributed by atoms with Crippen LogP contribution in [0.1, 0.15) is 37.1 Å². The van der Waals surface area contributed by atoms with Crippen LogP contribution in [-0.2, 0) is 14.8 Å². The van der Waals surface area contributed by atoms with Gasteiger partial charge in [-0.1, -0.05) is 0 Å². The molecular formula is C24H27F4N7O4S. The van der Waals surface area contributed by atoms with Crippen LogP contribution in [0.3, 0.4) is 0 Å². The summed E-state index contributed by atoms with van der Waals surface area (Å²) in [6.45, 7) is 1.64. The molecule has 0 radical (unpaired) electrons. The number of nitrogens with zero attached hydrogens (tertiary/aromatic N) is 3. The molecule has 1 fully saturated rings. The van der Waals surface area contributed by atoms with E-state index in [4.69, 9.17) is 0 Å². The highest BCUT2D eigenvalue weighted by Gasteiger charge is 2.33. The topological polar surface area (TPSA) is 151 Å². The van der Waals surface area contributed by atoms with Crippen LogP contribution in [0.5, 0.6) is 0 Å². The molecule has 2 heterocycles. The lowest BCUT2D eigenvalue weighted by molar-refractivity contribution is -0.121. The number of imidazole rings is 1. The molecule has 16 heteroatoms. The van der Waals surface area contributed by atoms with Crippen molar-refractivity contribution in [3.8, 4) is 22.6 Å². The van der Waals surface area contributed by atoms with E-state index in [1.165, 1.54) is 31.0 Å². The number of benzene rings is 1. The van der Waals surface area contributed by atoms with Gasteiger partial charge in [-0.05, 0) is 50.5 Å². The van der Waals surface area contributed by atoms with Crippen LogP contribution in [0.2, 0.25) is 0 Å². The van der Waals surface area contributed by atoms with Gasteiger partial charge in [0.25, 0.3) is 0 Å². The molecule has 0 unspecified atom stereocenters. The van der Waals surface area contributed by atoms with Crippen molar-refractivity contribution >= 4 is 22.1 Å². The van der Waals surface area contributed by atoms with E-state index in [0.717, 1.165) is 18.9 Å². The number of aromatic amines is 1. The molecule has 1 amide bonds. The van der Waals surface area contributed by atoms with Gasteiger partial charge < -0.3 is 20.4 Å². The maximum absolute atomic E-state index is 15.8. The Morgan fingerprint density at radius 2 is 1.98 bits per heavy atom. The number of ether oxygens (including phenoxy) is 1. The summed E-state index contributed by atoms with van der Waals surface area (Å²) in [4.78, 5) is 26.8. The van der Waals surface area contributed by atoms with Crippen molar-refractivity contribution in [2.24, 2.45) is 0 Å². The number of methoxy groups -OCH3 is 1. The number of aryl methyl sites for hydroxylation is 1. The maximum Gasteiger partial charge on any atom is 0.407 e. The van der Waals surface area contributed by atoms with E-state index in [1.807, 2.05) is 0 Å². The maximum atomic E-state index is 15.8. The highest BCUT2D eigenvalue weighted by molar-refractivity contribution is 7.89. The predicted octanol–water partition coefficient (Wildman–Crippen LogP) is 3.86. The molecule has 4 rings (SSSR count). The number of amides is 1. The molecule has 40 heavy (non-hydrogen) atoms. The van der Waals surface area contributed by atoms with Gasteiger partial charge >= 0.3 is 12.3 Å². The Labute approximate surface area is 227 Å². The van der Waals surface area contributed by atoms with Crippen molar-refractivity contribution in [2.75, 3.05) is 25.5 Å². The number of alkyl carbamates (subject to hydrolysis) is 1. The largest absolute Gasteiger partial charge is 0.453 e. The second-order valence-corrected chi connectivity index (χ2v) is 11.1. The molecule has 0 bridgehead atoms. The molecule has 1 atom stereocenters. The van der Waals surface area contributed by atoms with E-state index in [0.29, 0.717) is 17.1 Å². The van der Waals surface area contributed by atoms with E-state index in [9.17, 15) is 26.4 Å². The zero-order valence-electron chi connectivity index (χ0n) is 21.7. The van der Waals surface area contributed by atoms with Crippen LogP contribution in [0, 0.1) is 12.7 Å². The average Bonchev–Trinajstić information content (AvgIpc) is 3.65. The lowest BCUT2D eigenvalue weighted by atomic mass is 10.1. The van der Waals surface area contributed by atoms with Gasteiger partial charge in [-0.25, -0.2) is 37.3 Å². The van der Waals surface area contributed by atoms with E-state index in [1.54, 1.807) is 13.0 Å².